The van der Waals surface area contributed by atoms with Gasteiger partial charge in [0.1, 0.15) is 13.2 Å². The first-order chi connectivity index (χ1) is 7.68. The van der Waals surface area contributed by atoms with Crippen LogP contribution in [0.25, 0.3) is 0 Å². The minimum absolute atomic E-state index is 0.132. The second-order valence-corrected chi connectivity index (χ2v) is 3.27. The van der Waals surface area contributed by atoms with Crippen molar-refractivity contribution in [2.75, 3.05) is 19.8 Å². The molecular formula is C10H9NO5. The van der Waals surface area contributed by atoms with Crippen molar-refractivity contribution >= 4 is 17.6 Å². The third kappa shape index (κ3) is 2.01. The van der Waals surface area contributed by atoms with Crippen molar-refractivity contribution in [2.24, 2.45) is 0 Å². The Kier molecular flexibility index (Phi) is 2.82. The highest BCUT2D eigenvalue weighted by atomic mass is 16.5. The SMILES string of the molecule is O=C(CN1C(=O)COCC1=O)c1ccco1. The van der Waals surface area contributed by atoms with E-state index in [4.69, 9.17) is 9.15 Å². The van der Waals surface area contributed by atoms with Crippen molar-refractivity contribution < 1.29 is 23.5 Å². The van der Waals surface area contributed by atoms with Gasteiger partial charge in [-0.05, 0) is 12.1 Å². The summed E-state index contributed by atoms with van der Waals surface area (Å²) in [5.41, 5.74) is 0. The quantitative estimate of drug-likeness (QED) is 0.526. The maximum absolute atomic E-state index is 11.6. The average molecular weight is 223 g/mol. The summed E-state index contributed by atoms with van der Waals surface area (Å²) in [6.07, 6.45) is 1.36. The van der Waals surface area contributed by atoms with Gasteiger partial charge >= 0.3 is 0 Å². The van der Waals surface area contributed by atoms with Gasteiger partial charge in [0.05, 0.1) is 12.8 Å². The van der Waals surface area contributed by atoms with Crippen molar-refractivity contribution in [1.82, 2.24) is 4.90 Å². The highest BCUT2D eigenvalue weighted by Gasteiger charge is 2.29. The van der Waals surface area contributed by atoms with Crippen LogP contribution in [0, 0.1) is 0 Å². The molecule has 0 N–H and O–H groups in total. The number of amides is 2. The molecule has 0 radical (unpaired) electrons. The number of furan rings is 1. The van der Waals surface area contributed by atoms with Crippen LogP contribution in [0.15, 0.2) is 22.8 Å². The predicted octanol–water partition coefficient (Wildman–Crippen LogP) is -0.152. The first kappa shape index (κ1) is 10.6. The molecule has 6 heteroatoms. The lowest BCUT2D eigenvalue weighted by Crippen LogP contribution is -2.48. The fourth-order valence-corrected chi connectivity index (χ4v) is 1.36. The van der Waals surface area contributed by atoms with Gasteiger partial charge in [-0.2, -0.15) is 0 Å². The van der Waals surface area contributed by atoms with Gasteiger partial charge in [0, 0.05) is 0 Å². The number of hydrogen-bond donors (Lipinski definition) is 0. The Hall–Kier alpha value is -1.95. The van der Waals surface area contributed by atoms with E-state index in [-0.39, 0.29) is 25.5 Å². The highest BCUT2D eigenvalue weighted by molar-refractivity contribution is 6.04. The zero-order chi connectivity index (χ0) is 11.5. The number of rotatable bonds is 3. The number of nitrogens with zero attached hydrogens (tertiary/aromatic N) is 1. The van der Waals surface area contributed by atoms with Crippen LogP contribution in [0.3, 0.4) is 0 Å². The first-order valence-electron chi connectivity index (χ1n) is 4.66. The van der Waals surface area contributed by atoms with E-state index < -0.39 is 17.6 Å². The number of carbonyl (C=O) groups is 3. The molecule has 0 saturated carbocycles. The molecule has 0 atom stereocenters. The number of hydrogen-bond acceptors (Lipinski definition) is 5. The molecule has 6 nitrogen and oxygen atoms in total. The van der Waals surface area contributed by atoms with Gasteiger partial charge in [-0.25, -0.2) is 0 Å². The second kappa shape index (κ2) is 4.28. The Bertz CT molecular complexity index is 406. The molecule has 0 spiro atoms. The van der Waals surface area contributed by atoms with Gasteiger partial charge in [0.2, 0.25) is 5.78 Å². The summed E-state index contributed by atoms with van der Waals surface area (Å²) in [7, 11) is 0. The van der Waals surface area contributed by atoms with E-state index in [0.29, 0.717) is 0 Å². The van der Waals surface area contributed by atoms with E-state index in [0.717, 1.165) is 4.90 Å². The van der Waals surface area contributed by atoms with Crippen LogP contribution in [0.5, 0.6) is 0 Å². The molecule has 0 bridgehead atoms. The van der Waals surface area contributed by atoms with E-state index in [2.05, 4.69) is 0 Å². The lowest BCUT2D eigenvalue weighted by Gasteiger charge is -2.23. The van der Waals surface area contributed by atoms with Gasteiger partial charge in [-0.15, -0.1) is 0 Å². The Balaban J connectivity index is 2.06. The van der Waals surface area contributed by atoms with Crippen LogP contribution in [0.1, 0.15) is 10.6 Å². The lowest BCUT2D eigenvalue weighted by atomic mass is 10.2. The normalized spacial score (nSPS) is 16.6. The average Bonchev–Trinajstić information content (AvgIpc) is 2.76. The van der Waals surface area contributed by atoms with Crippen LogP contribution in [0.2, 0.25) is 0 Å². The molecule has 1 aliphatic heterocycles. The molecule has 1 saturated heterocycles. The topological polar surface area (TPSA) is 76.8 Å². The van der Waals surface area contributed by atoms with E-state index in [1.54, 1.807) is 6.07 Å². The van der Waals surface area contributed by atoms with Gasteiger partial charge in [0.25, 0.3) is 11.8 Å². The number of Topliss-reactive ketones (excluding diaryl/α,β-unsaturated/α-hetero) is 1. The van der Waals surface area contributed by atoms with Gasteiger partial charge in [-0.3, -0.25) is 19.3 Å². The number of imide groups is 1. The minimum atomic E-state index is -0.504. The van der Waals surface area contributed by atoms with Crippen LogP contribution in [-0.4, -0.2) is 42.3 Å². The molecule has 84 valence electrons. The second-order valence-electron chi connectivity index (χ2n) is 3.27. The minimum Gasteiger partial charge on any atom is -0.461 e. The Morgan fingerprint density at radius 1 is 1.31 bits per heavy atom. The number of morpholine rings is 1. The summed E-state index contributed by atoms with van der Waals surface area (Å²) in [6.45, 7) is -0.636. The maximum Gasteiger partial charge on any atom is 0.255 e. The molecule has 1 aromatic rings. The molecule has 1 aliphatic rings. The summed E-state index contributed by atoms with van der Waals surface area (Å²) in [4.78, 5) is 35.1. The zero-order valence-electron chi connectivity index (χ0n) is 8.34. The van der Waals surface area contributed by atoms with Gasteiger partial charge in [0.15, 0.2) is 5.76 Å². The smallest absolute Gasteiger partial charge is 0.255 e. The third-order valence-corrected chi connectivity index (χ3v) is 2.15. The van der Waals surface area contributed by atoms with Crippen LogP contribution in [0.4, 0.5) is 0 Å². The molecule has 16 heavy (non-hydrogen) atoms. The maximum atomic E-state index is 11.6. The Morgan fingerprint density at radius 3 is 2.56 bits per heavy atom. The largest absolute Gasteiger partial charge is 0.461 e. The predicted molar refractivity (Wildman–Crippen MR) is 50.6 cm³/mol. The van der Waals surface area contributed by atoms with Crippen molar-refractivity contribution in [2.45, 2.75) is 0 Å². The van der Waals surface area contributed by atoms with E-state index in [1.165, 1.54) is 12.3 Å². The van der Waals surface area contributed by atoms with Crippen molar-refractivity contribution in [3.63, 3.8) is 0 Å². The fourth-order valence-electron chi connectivity index (χ4n) is 1.36. The molecule has 0 aliphatic carbocycles. The monoisotopic (exact) mass is 223 g/mol. The third-order valence-electron chi connectivity index (χ3n) is 2.15. The molecule has 2 amide bonds. The number of ketones is 1. The highest BCUT2D eigenvalue weighted by Crippen LogP contribution is 2.06. The summed E-state index contributed by atoms with van der Waals surface area (Å²) in [5, 5.41) is 0. The first-order valence-corrected chi connectivity index (χ1v) is 4.66. The molecule has 1 fully saturated rings. The van der Waals surface area contributed by atoms with Crippen LogP contribution in [-0.2, 0) is 14.3 Å². The Morgan fingerprint density at radius 2 is 2.00 bits per heavy atom. The van der Waals surface area contributed by atoms with E-state index >= 15 is 0 Å². The molecular weight excluding hydrogens is 214 g/mol. The summed E-state index contributed by atoms with van der Waals surface area (Å²) in [5.74, 6) is -1.28. The molecule has 2 heterocycles. The van der Waals surface area contributed by atoms with Gasteiger partial charge in [-0.1, -0.05) is 0 Å². The molecule has 0 unspecified atom stereocenters. The fraction of sp³-hybridized carbons (Fsp3) is 0.300. The Labute approximate surface area is 90.8 Å². The van der Waals surface area contributed by atoms with Gasteiger partial charge < -0.3 is 9.15 Å². The number of carbonyl (C=O) groups excluding carboxylic acids is 3. The zero-order valence-corrected chi connectivity index (χ0v) is 8.34. The van der Waals surface area contributed by atoms with Crippen molar-refractivity contribution in [3.8, 4) is 0 Å². The van der Waals surface area contributed by atoms with E-state index in [1.807, 2.05) is 0 Å². The summed E-state index contributed by atoms with van der Waals surface area (Å²) >= 11 is 0. The standard InChI is InChI=1S/C10H9NO5/c12-7(8-2-1-3-16-8)4-11-9(13)5-15-6-10(11)14/h1-3H,4-6H2. The lowest BCUT2D eigenvalue weighted by molar-refractivity contribution is -0.157. The van der Waals surface area contributed by atoms with Crippen LogP contribution < -0.4 is 0 Å². The summed E-state index contributed by atoms with van der Waals surface area (Å²) < 4.78 is 9.60. The number of ether oxygens (including phenoxy) is 1. The summed E-state index contributed by atoms with van der Waals surface area (Å²) in [6, 6.07) is 3.05. The van der Waals surface area contributed by atoms with Crippen molar-refractivity contribution in [1.29, 1.82) is 0 Å². The molecule has 1 aromatic heterocycles. The molecule has 0 aromatic carbocycles. The van der Waals surface area contributed by atoms with E-state index in [9.17, 15) is 14.4 Å². The van der Waals surface area contributed by atoms with Crippen LogP contribution >= 0.6 is 0 Å². The van der Waals surface area contributed by atoms with Crippen molar-refractivity contribution in [3.05, 3.63) is 24.2 Å². The molecule has 2 rings (SSSR count).